The Morgan fingerprint density at radius 1 is 1.38 bits per heavy atom. The highest BCUT2D eigenvalue weighted by Gasteiger charge is 2.44. The van der Waals surface area contributed by atoms with Crippen molar-refractivity contribution in [2.24, 2.45) is 5.41 Å². The van der Waals surface area contributed by atoms with E-state index in [1.165, 1.54) is 38.5 Å². The lowest BCUT2D eigenvalue weighted by atomic mass is 9.83. The number of carboxylic acid groups (broad SMARTS) is 1. The molecule has 2 aliphatic rings. The Labute approximate surface area is 97.6 Å². The van der Waals surface area contributed by atoms with E-state index < -0.39 is 5.97 Å². The zero-order valence-corrected chi connectivity index (χ0v) is 10.2. The van der Waals surface area contributed by atoms with Crippen LogP contribution in [0.4, 0.5) is 0 Å². The molecule has 0 aromatic rings. The van der Waals surface area contributed by atoms with Gasteiger partial charge in [-0.05, 0) is 50.4 Å². The van der Waals surface area contributed by atoms with E-state index in [9.17, 15) is 4.79 Å². The SMILES string of the molecule is CCCC(NC1CCC2(CC1)CC2)C(=O)O. The van der Waals surface area contributed by atoms with Crippen LogP contribution in [-0.4, -0.2) is 23.2 Å². The average Bonchev–Trinajstić information content (AvgIpc) is 3.01. The lowest BCUT2D eigenvalue weighted by Crippen LogP contribution is -2.44. The monoisotopic (exact) mass is 225 g/mol. The lowest BCUT2D eigenvalue weighted by molar-refractivity contribution is -0.140. The van der Waals surface area contributed by atoms with Crippen molar-refractivity contribution in [3.63, 3.8) is 0 Å². The maximum atomic E-state index is 11.0. The van der Waals surface area contributed by atoms with E-state index >= 15 is 0 Å². The molecule has 1 unspecified atom stereocenters. The molecule has 0 saturated heterocycles. The molecule has 2 rings (SSSR count). The van der Waals surface area contributed by atoms with Gasteiger partial charge in [-0.3, -0.25) is 4.79 Å². The third kappa shape index (κ3) is 2.76. The van der Waals surface area contributed by atoms with Crippen LogP contribution in [0.3, 0.4) is 0 Å². The maximum absolute atomic E-state index is 11.0. The number of carboxylic acids is 1. The molecule has 2 N–H and O–H groups in total. The molecule has 0 radical (unpaired) electrons. The van der Waals surface area contributed by atoms with Crippen LogP contribution < -0.4 is 5.32 Å². The van der Waals surface area contributed by atoms with Gasteiger partial charge >= 0.3 is 5.97 Å². The molecule has 3 nitrogen and oxygen atoms in total. The van der Waals surface area contributed by atoms with E-state index in [-0.39, 0.29) is 6.04 Å². The van der Waals surface area contributed by atoms with Gasteiger partial charge in [0.15, 0.2) is 0 Å². The molecule has 0 bridgehead atoms. The number of hydrogen-bond acceptors (Lipinski definition) is 2. The highest BCUT2D eigenvalue weighted by molar-refractivity contribution is 5.73. The summed E-state index contributed by atoms with van der Waals surface area (Å²) in [5, 5.41) is 12.4. The Balaban J connectivity index is 1.77. The van der Waals surface area contributed by atoms with Crippen molar-refractivity contribution in [2.75, 3.05) is 0 Å². The summed E-state index contributed by atoms with van der Waals surface area (Å²) >= 11 is 0. The van der Waals surface area contributed by atoms with Gasteiger partial charge in [0.2, 0.25) is 0 Å². The fraction of sp³-hybridized carbons (Fsp3) is 0.923. The second-order valence-corrected chi connectivity index (χ2v) is 5.62. The van der Waals surface area contributed by atoms with E-state index in [1.807, 2.05) is 6.92 Å². The van der Waals surface area contributed by atoms with Crippen molar-refractivity contribution in [1.82, 2.24) is 5.32 Å². The van der Waals surface area contributed by atoms with Crippen molar-refractivity contribution in [1.29, 1.82) is 0 Å². The van der Waals surface area contributed by atoms with Gasteiger partial charge in [0.1, 0.15) is 6.04 Å². The Bertz CT molecular complexity index is 251. The molecule has 1 atom stereocenters. The molecule has 0 heterocycles. The van der Waals surface area contributed by atoms with E-state index in [0.717, 1.165) is 12.8 Å². The highest BCUT2D eigenvalue weighted by Crippen LogP contribution is 2.56. The van der Waals surface area contributed by atoms with Crippen molar-refractivity contribution in [3.05, 3.63) is 0 Å². The normalized spacial score (nSPS) is 25.6. The van der Waals surface area contributed by atoms with Gasteiger partial charge in [-0.15, -0.1) is 0 Å². The summed E-state index contributed by atoms with van der Waals surface area (Å²) in [6.07, 6.45) is 9.47. The van der Waals surface area contributed by atoms with Gasteiger partial charge < -0.3 is 10.4 Å². The summed E-state index contributed by atoms with van der Waals surface area (Å²) < 4.78 is 0. The fourth-order valence-corrected chi connectivity index (χ4v) is 2.92. The standard InChI is InChI=1S/C13H23NO2/c1-2-3-11(12(15)16)14-10-4-6-13(7-5-10)8-9-13/h10-11,14H,2-9H2,1H3,(H,15,16). The van der Waals surface area contributed by atoms with Gasteiger partial charge in [0, 0.05) is 6.04 Å². The van der Waals surface area contributed by atoms with E-state index in [4.69, 9.17) is 5.11 Å². The summed E-state index contributed by atoms with van der Waals surface area (Å²) in [6, 6.07) is 0.113. The number of aliphatic carboxylic acids is 1. The van der Waals surface area contributed by atoms with Crippen LogP contribution in [0.5, 0.6) is 0 Å². The molecular formula is C13H23NO2. The summed E-state index contributed by atoms with van der Waals surface area (Å²) in [5.41, 5.74) is 0.696. The molecular weight excluding hydrogens is 202 g/mol. The predicted octanol–water partition coefficient (Wildman–Crippen LogP) is 2.55. The molecule has 0 aromatic heterocycles. The number of carbonyl (C=O) groups is 1. The summed E-state index contributed by atoms with van der Waals surface area (Å²) in [4.78, 5) is 11.0. The van der Waals surface area contributed by atoms with E-state index in [2.05, 4.69) is 5.32 Å². The van der Waals surface area contributed by atoms with Crippen molar-refractivity contribution >= 4 is 5.97 Å². The van der Waals surface area contributed by atoms with Gasteiger partial charge in [0.05, 0.1) is 0 Å². The first-order chi connectivity index (χ1) is 7.65. The van der Waals surface area contributed by atoms with Crippen LogP contribution in [0.2, 0.25) is 0 Å². The van der Waals surface area contributed by atoms with Crippen LogP contribution in [0.15, 0.2) is 0 Å². The van der Waals surface area contributed by atoms with Crippen LogP contribution in [0.1, 0.15) is 58.3 Å². The Morgan fingerprint density at radius 2 is 2.00 bits per heavy atom. The smallest absolute Gasteiger partial charge is 0.320 e. The zero-order chi connectivity index (χ0) is 11.6. The Hall–Kier alpha value is -0.570. The molecule has 16 heavy (non-hydrogen) atoms. The summed E-state index contributed by atoms with van der Waals surface area (Å²) in [7, 11) is 0. The zero-order valence-electron chi connectivity index (χ0n) is 10.2. The van der Waals surface area contributed by atoms with E-state index in [1.54, 1.807) is 0 Å². The topological polar surface area (TPSA) is 49.3 Å². The fourth-order valence-electron chi connectivity index (χ4n) is 2.92. The van der Waals surface area contributed by atoms with Crippen LogP contribution in [0, 0.1) is 5.41 Å². The third-order valence-electron chi connectivity index (χ3n) is 4.32. The molecule has 1 spiro atoms. The van der Waals surface area contributed by atoms with Gasteiger partial charge in [-0.25, -0.2) is 0 Å². The molecule has 0 aromatic carbocycles. The first kappa shape index (κ1) is 11.9. The van der Waals surface area contributed by atoms with Crippen LogP contribution in [-0.2, 0) is 4.79 Å². The maximum Gasteiger partial charge on any atom is 0.320 e. The third-order valence-corrected chi connectivity index (χ3v) is 4.32. The minimum Gasteiger partial charge on any atom is -0.480 e. The van der Waals surface area contributed by atoms with E-state index in [0.29, 0.717) is 11.5 Å². The first-order valence-electron chi connectivity index (χ1n) is 6.64. The molecule has 2 saturated carbocycles. The second kappa shape index (κ2) is 4.74. The lowest BCUT2D eigenvalue weighted by Gasteiger charge is -2.31. The minimum atomic E-state index is -0.687. The van der Waals surface area contributed by atoms with Crippen molar-refractivity contribution in [3.8, 4) is 0 Å². The quantitative estimate of drug-likeness (QED) is 0.756. The van der Waals surface area contributed by atoms with Crippen molar-refractivity contribution in [2.45, 2.75) is 70.4 Å². The molecule has 0 aliphatic heterocycles. The average molecular weight is 225 g/mol. The molecule has 2 aliphatic carbocycles. The first-order valence-corrected chi connectivity index (χ1v) is 6.64. The largest absolute Gasteiger partial charge is 0.480 e. The molecule has 0 amide bonds. The van der Waals surface area contributed by atoms with Crippen LogP contribution in [0.25, 0.3) is 0 Å². The second-order valence-electron chi connectivity index (χ2n) is 5.62. The molecule has 92 valence electrons. The van der Waals surface area contributed by atoms with Crippen LogP contribution >= 0.6 is 0 Å². The molecule has 3 heteroatoms. The Morgan fingerprint density at radius 3 is 2.44 bits per heavy atom. The van der Waals surface area contributed by atoms with Gasteiger partial charge in [-0.1, -0.05) is 13.3 Å². The summed E-state index contributed by atoms with van der Waals surface area (Å²) in [6.45, 7) is 2.04. The van der Waals surface area contributed by atoms with Gasteiger partial charge in [0.25, 0.3) is 0 Å². The molecule has 2 fully saturated rings. The highest BCUT2D eigenvalue weighted by atomic mass is 16.4. The Kier molecular flexibility index (Phi) is 3.53. The minimum absolute atomic E-state index is 0.330. The number of hydrogen-bond donors (Lipinski definition) is 2. The van der Waals surface area contributed by atoms with Crippen molar-refractivity contribution < 1.29 is 9.90 Å². The predicted molar refractivity (Wildman–Crippen MR) is 63.4 cm³/mol. The number of nitrogens with one attached hydrogen (secondary N) is 1. The summed E-state index contributed by atoms with van der Waals surface area (Å²) in [5.74, 6) is -0.687. The number of rotatable bonds is 5. The van der Waals surface area contributed by atoms with Gasteiger partial charge in [-0.2, -0.15) is 0 Å².